The number of hydrogen-bond donors (Lipinski definition) is 1. The first-order valence-corrected chi connectivity index (χ1v) is 13.8. The Labute approximate surface area is 224 Å². The van der Waals surface area contributed by atoms with Crippen LogP contribution in [0.15, 0.2) is 78.9 Å². The van der Waals surface area contributed by atoms with E-state index in [0.29, 0.717) is 11.5 Å². The normalized spacial score (nSPS) is 17.2. The summed E-state index contributed by atoms with van der Waals surface area (Å²) in [5.74, 6) is 0.0348. The van der Waals surface area contributed by atoms with Crippen LogP contribution >= 0.6 is 11.8 Å². The van der Waals surface area contributed by atoms with Crippen molar-refractivity contribution in [2.24, 2.45) is 0 Å². The maximum Gasteiger partial charge on any atom is 0.240 e. The van der Waals surface area contributed by atoms with Gasteiger partial charge < -0.3 is 5.32 Å². The van der Waals surface area contributed by atoms with Gasteiger partial charge in [-0.2, -0.15) is 5.10 Å². The number of anilines is 1. The number of amides is 2. The molecule has 0 radical (unpaired) electrons. The summed E-state index contributed by atoms with van der Waals surface area (Å²) in [6, 6.07) is 24.2. The van der Waals surface area contributed by atoms with Crippen molar-refractivity contribution in [3.63, 3.8) is 0 Å². The smallest absolute Gasteiger partial charge is 0.240 e. The molecule has 38 heavy (non-hydrogen) atoms. The van der Waals surface area contributed by atoms with E-state index in [-0.39, 0.29) is 41.2 Å². The lowest BCUT2D eigenvalue weighted by molar-refractivity contribution is -0.123. The summed E-state index contributed by atoms with van der Waals surface area (Å²) in [7, 11) is 0. The van der Waals surface area contributed by atoms with E-state index in [9.17, 15) is 14.0 Å². The third-order valence-corrected chi connectivity index (χ3v) is 8.16. The van der Waals surface area contributed by atoms with Crippen LogP contribution in [0.4, 0.5) is 10.2 Å². The van der Waals surface area contributed by atoms with Crippen LogP contribution in [0.3, 0.4) is 0 Å². The van der Waals surface area contributed by atoms with Gasteiger partial charge in [0.05, 0.1) is 22.4 Å². The summed E-state index contributed by atoms with van der Waals surface area (Å²) in [6.07, 6.45) is 1.92. The summed E-state index contributed by atoms with van der Waals surface area (Å²) in [4.78, 5) is 28.3. The Kier molecular flexibility index (Phi) is 6.49. The van der Waals surface area contributed by atoms with Crippen LogP contribution in [0.1, 0.15) is 34.8 Å². The average molecular weight is 527 g/mol. The first-order valence-electron chi connectivity index (χ1n) is 12.7. The zero-order valence-corrected chi connectivity index (χ0v) is 21.7. The molecule has 0 unspecified atom stereocenters. The van der Waals surface area contributed by atoms with E-state index in [1.165, 1.54) is 12.1 Å². The highest BCUT2D eigenvalue weighted by molar-refractivity contribution is 8.00. The lowest BCUT2D eigenvalue weighted by atomic mass is 9.97. The van der Waals surface area contributed by atoms with Gasteiger partial charge >= 0.3 is 0 Å². The molecule has 1 saturated carbocycles. The monoisotopic (exact) mass is 526 g/mol. The number of aromatic nitrogens is 2. The molecule has 8 heteroatoms. The number of benzene rings is 3. The number of halogens is 1. The molecule has 3 aromatic carbocycles. The number of nitrogens with one attached hydrogen (secondary N) is 1. The van der Waals surface area contributed by atoms with E-state index in [2.05, 4.69) is 24.4 Å². The van der Waals surface area contributed by atoms with Crippen LogP contribution in [0, 0.1) is 12.7 Å². The first-order chi connectivity index (χ1) is 18.5. The molecule has 1 aromatic heterocycles. The fourth-order valence-electron chi connectivity index (χ4n) is 4.86. The molecule has 0 spiro atoms. The quantitative estimate of drug-likeness (QED) is 0.364. The summed E-state index contributed by atoms with van der Waals surface area (Å²) in [5.41, 5.74) is 5.31. The molecule has 1 fully saturated rings. The summed E-state index contributed by atoms with van der Waals surface area (Å²) < 4.78 is 15.6. The molecule has 1 atom stereocenters. The Bertz CT molecular complexity index is 1500. The molecular weight excluding hydrogens is 499 g/mol. The number of rotatable bonds is 6. The summed E-state index contributed by atoms with van der Waals surface area (Å²) in [6.45, 7) is 1.96. The zero-order valence-electron chi connectivity index (χ0n) is 20.9. The van der Waals surface area contributed by atoms with Gasteiger partial charge in [0.1, 0.15) is 18.2 Å². The third-order valence-electron chi connectivity index (χ3n) is 6.92. The van der Waals surface area contributed by atoms with Gasteiger partial charge in [0, 0.05) is 17.2 Å². The molecule has 2 aliphatic rings. The van der Waals surface area contributed by atoms with Gasteiger partial charge in [-0.15, -0.1) is 11.8 Å². The molecule has 6 nitrogen and oxygen atoms in total. The molecule has 1 aliphatic heterocycles. The number of fused-ring (bicyclic) bond motifs is 1. The minimum atomic E-state index is -0.361. The van der Waals surface area contributed by atoms with Crippen molar-refractivity contribution in [3.05, 3.63) is 101 Å². The number of thioether (sulfide) groups is 1. The Morgan fingerprint density at radius 1 is 1.03 bits per heavy atom. The lowest BCUT2D eigenvalue weighted by Gasteiger charge is -2.23. The van der Waals surface area contributed by atoms with Crippen molar-refractivity contribution in [1.82, 2.24) is 15.1 Å². The van der Waals surface area contributed by atoms with E-state index in [1.807, 2.05) is 42.5 Å². The first kappa shape index (κ1) is 24.4. The number of aryl methyl sites for hydroxylation is 1. The highest BCUT2D eigenvalue weighted by Crippen LogP contribution is 2.49. The van der Waals surface area contributed by atoms with Crippen molar-refractivity contribution in [1.29, 1.82) is 0 Å². The number of carbonyl (C=O) groups excluding carboxylic acids is 2. The second-order valence-electron chi connectivity index (χ2n) is 9.71. The maximum atomic E-state index is 13.9. The number of nitrogens with zero attached hydrogens (tertiary/aromatic N) is 3. The van der Waals surface area contributed by atoms with Crippen molar-refractivity contribution in [2.75, 3.05) is 17.2 Å². The highest BCUT2D eigenvalue weighted by Gasteiger charge is 2.38. The standard InChI is InChI=1S/C30H27FN4O2S/c1-19-7-5-6-10-24(19)29-27-28(20-8-3-2-4-9-20)33-35(23-15-11-21(31)12-16-23)30(27)34(26(37)18-38-29)17-25(36)32-22-13-14-22/h2-12,15-16,22,29H,13-14,17-18H2,1H3,(H,32,36)/t29-/m0/s1. The van der Waals surface area contributed by atoms with E-state index in [4.69, 9.17) is 5.10 Å². The average Bonchev–Trinajstić information content (AvgIpc) is 3.68. The maximum absolute atomic E-state index is 13.9. The predicted molar refractivity (Wildman–Crippen MR) is 148 cm³/mol. The van der Waals surface area contributed by atoms with E-state index < -0.39 is 0 Å². The summed E-state index contributed by atoms with van der Waals surface area (Å²) >= 11 is 1.54. The van der Waals surface area contributed by atoms with Crippen LogP contribution in [-0.2, 0) is 9.59 Å². The van der Waals surface area contributed by atoms with E-state index >= 15 is 0 Å². The van der Waals surface area contributed by atoms with E-state index in [1.54, 1.807) is 33.5 Å². The largest absolute Gasteiger partial charge is 0.352 e. The van der Waals surface area contributed by atoms with Crippen LogP contribution < -0.4 is 10.2 Å². The molecule has 0 bridgehead atoms. The Morgan fingerprint density at radius 2 is 1.74 bits per heavy atom. The SMILES string of the molecule is Cc1ccccc1[C@@H]1SCC(=O)N(CC(=O)NC2CC2)c2c1c(-c1ccccc1)nn2-c1ccc(F)cc1. The topological polar surface area (TPSA) is 67.2 Å². The second kappa shape index (κ2) is 10.1. The number of hydrogen-bond acceptors (Lipinski definition) is 4. The minimum Gasteiger partial charge on any atom is -0.352 e. The van der Waals surface area contributed by atoms with Crippen molar-refractivity contribution >= 4 is 29.4 Å². The van der Waals surface area contributed by atoms with Gasteiger partial charge in [-0.05, 0) is 55.2 Å². The van der Waals surface area contributed by atoms with Gasteiger partial charge in [0.2, 0.25) is 11.8 Å². The zero-order chi connectivity index (χ0) is 26.2. The second-order valence-corrected chi connectivity index (χ2v) is 10.8. The fourth-order valence-corrected chi connectivity index (χ4v) is 6.15. The van der Waals surface area contributed by atoms with Crippen molar-refractivity contribution < 1.29 is 14.0 Å². The molecule has 4 aromatic rings. The lowest BCUT2D eigenvalue weighted by Crippen LogP contribution is -2.43. The molecule has 1 aliphatic carbocycles. The Hall–Kier alpha value is -3.91. The molecule has 0 saturated heterocycles. The fraction of sp³-hybridized carbons (Fsp3) is 0.233. The highest BCUT2D eigenvalue weighted by atomic mass is 32.2. The molecule has 6 rings (SSSR count). The third kappa shape index (κ3) is 4.72. The minimum absolute atomic E-state index is 0.107. The van der Waals surface area contributed by atoms with Crippen LogP contribution in [-0.4, -0.2) is 39.9 Å². The number of carbonyl (C=O) groups is 2. The Balaban J connectivity index is 1.61. The van der Waals surface area contributed by atoms with Crippen LogP contribution in [0.25, 0.3) is 16.9 Å². The van der Waals surface area contributed by atoms with Gasteiger partial charge in [-0.25, -0.2) is 9.07 Å². The van der Waals surface area contributed by atoms with Gasteiger partial charge in [-0.1, -0.05) is 54.6 Å². The van der Waals surface area contributed by atoms with Gasteiger partial charge in [-0.3, -0.25) is 14.5 Å². The summed E-state index contributed by atoms with van der Waals surface area (Å²) in [5, 5.41) is 7.84. The molecule has 1 N–H and O–H groups in total. The molecule has 192 valence electrons. The predicted octanol–water partition coefficient (Wildman–Crippen LogP) is 5.43. The Morgan fingerprint density at radius 3 is 2.45 bits per heavy atom. The van der Waals surface area contributed by atoms with Crippen molar-refractivity contribution in [2.45, 2.75) is 31.1 Å². The molecular formula is C30H27FN4O2S. The van der Waals surface area contributed by atoms with Gasteiger partial charge in [0.15, 0.2) is 0 Å². The van der Waals surface area contributed by atoms with Crippen LogP contribution in [0.2, 0.25) is 0 Å². The van der Waals surface area contributed by atoms with E-state index in [0.717, 1.165) is 40.8 Å². The van der Waals surface area contributed by atoms with Crippen LogP contribution in [0.5, 0.6) is 0 Å². The molecule has 2 heterocycles. The van der Waals surface area contributed by atoms with Gasteiger partial charge in [0.25, 0.3) is 0 Å². The molecule has 2 amide bonds. The van der Waals surface area contributed by atoms with Crippen molar-refractivity contribution in [3.8, 4) is 16.9 Å².